The highest BCUT2D eigenvalue weighted by molar-refractivity contribution is 6.15. The highest BCUT2D eigenvalue weighted by Gasteiger charge is 2.34. The monoisotopic (exact) mass is 381 g/mol. The zero-order chi connectivity index (χ0) is 20.3. The zero-order valence-electron chi connectivity index (χ0n) is 15.4. The fourth-order valence-corrected chi connectivity index (χ4v) is 2.65. The first-order valence-electron chi connectivity index (χ1n) is 8.45. The Morgan fingerprint density at radius 3 is 2.61 bits per heavy atom. The molecule has 1 aliphatic heterocycles. The van der Waals surface area contributed by atoms with Crippen molar-refractivity contribution in [3.05, 3.63) is 59.3 Å². The fourth-order valence-electron chi connectivity index (χ4n) is 2.65. The summed E-state index contributed by atoms with van der Waals surface area (Å²) < 4.78 is 5.02. The van der Waals surface area contributed by atoms with Crippen LogP contribution in [0.1, 0.15) is 11.1 Å². The number of hydrogen-bond acceptors (Lipinski definition) is 5. The Kier molecular flexibility index (Phi) is 5.30. The average Bonchev–Trinajstić information content (AvgIpc) is 2.92. The van der Waals surface area contributed by atoms with Crippen molar-refractivity contribution in [1.82, 2.24) is 10.2 Å². The summed E-state index contributed by atoms with van der Waals surface area (Å²) in [4.78, 5) is 37.6. The Morgan fingerprint density at radius 1 is 1.21 bits per heavy atom. The second-order valence-corrected chi connectivity index (χ2v) is 6.22. The summed E-state index contributed by atoms with van der Waals surface area (Å²) in [5, 5.41) is 14.7. The highest BCUT2D eigenvalue weighted by Crippen LogP contribution is 2.27. The van der Waals surface area contributed by atoms with Crippen molar-refractivity contribution in [2.75, 3.05) is 19.0 Å². The molecule has 0 bridgehead atoms. The minimum absolute atomic E-state index is 0.0286. The number of aromatic hydroxyl groups is 1. The number of carbonyl (C=O) groups excluding carboxylic acids is 3. The van der Waals surface area contributed by atoms with Gasteiger partial charge >= 0.3 is 6.03 Å². The zero-order valence-corrected chi connectivity index (χ0v) is 15.4. The predicted molar refractivity (Wildman–Crippen MR) is 103 cm³/mol. The van der Waals surface area contributed by atoms with Crippen LogP contribution in [-0.2, 0) is 9.59 Å². The maximum Gasteiger partial charge on any atom is 0.329 e. The van der Waals surface area contributed by atoms with E-state index in [0.29, 0.717) is 11.3 Å². The molecule has 0 unspecified atom stereocenters. The van der Waals surface area contributed by atoms with Gasteiger partial charge in [-0.25, -0.2) is 9.69 Å². The van der Waals surface area contributed by atoms with E-state index in [2.05, 4.69) is 10.6 Å². The lowest BCUT2D eigenvalue weighted by atomic mass is 10.1. The lowest BCUT2D eigenvalue weighted by molar-refractivity contribution is -0.127. The first kappa shape index (κ1) is 19.0. The topological polar surface area (TPSA) is 108 Å². The third-order valence-electron chi connectivity index (χ3n) is 4.11. The van der Waals surface area contributed by atoms with Gasteiger partial charge in [0.2, 0.25) is 5.91 Å². The number of nitrogens with zero attached hydrogens (tertiary/aromatic N) is 1. The maximum atomic E-state index is 12.5. The average molecular weight is 381 g/mol. The molecule has 0 aliphatic carbocycles. The largest absolute Gasteiger partial charge is 0.504 e. The molecular formula is C20H19N3O5. The van der Waals surface area contributed by atoms with Crippen LogP contribution in [-0.4, -0.2) is 41.5 Å². The SMILES string of the molecule is COc1cc(/C=C2/NC(=O)N(CC(=O)Nc3ccc(C)cc3)C2=O)ccc1O. The van der Waals surface area contributed by atoms with E-state index in [1.165, 1.54) is 25.3 Å². The molecule has 1 heterocycles. The number of nitrogens with one attached hydrogen (secondary N) is 2. The molecule has 8 nitrogen and oxygen atoms in total. The van der Waals surface area contributed by atoms with Crippen LogP contribution in [0.5, 0.6) is 11.5 Å². The molecule has 4 amide bonds. The smallest absolute Gasteiger partial charge is 0.329 e. The van der Waals surface area contributed by atoms with Crippen LogP contribution >= 0.6 is 0 Å². The molecule has 1 aliphatic rings. The molecule has 0 spiro atoms. The van der Waals surface area contributed by atoms with Crippen molar-refractivity contribution in [3.63, 3.8) is 0 Å². The first-order chi connectivity index (χ1) is 13.4. The van der Waals surface area contributed by atoms with Gasteiger partial charge in [0.25, 0.3) is 5.91 Å². The summed E-state index contributed by atoms with van der Waals surface area (Å²) in [5.74, 6) is -0.905. The number of phenolic OH excluding ortho intramolecular Hbond substituents is 1. The lowest BCUT2D eigenvalue weighted by Gasteiger charge is -2.12. The normalized spacial score (nSPS) is 14.9. The number of hydrogen-bond donors (Lipinski definition) is 3. The summed E-state index contributed by atoms with van der Waals surface area (Å²) in [6.45, 7) is 1.52. The molecule has 144 valence electrons. The number of ether oxygens (including phenoxy) is 1. The van der Waals surface area contributed by atoms with E-state index in [0.717, 1.165) is 10.5 Å². The van der Waals surface area contributed by atoms with Gasteiger partial charge in [-0.05, 0) is 42.8 Å². The third kappa shape index (κ3) is 4.12. The van der Waals surface area contributed by atoms with Crippen LogP contribution in [0.4, 0.5) is 10.5 Å². The van der Waals surface area contributed by atoms with Crippen LogP contribution in [0.2, 0.25) is 0 Å². The molecule has 28 heavy (non-hydrogen) atoms. The quantitative estimate of drug-likeness (QED) is 0.544. The molecule has 3 N–H and O–H groups in total. The van der Waals surface area contributed by atoms with Gasteiger partial charge in [-0.15, -0.1) is 0 Å². The minimum Gasteiger partial charge on any atom is -0.504 e. The molecule has 0 atom stereocenters. The van der Waals surface area contributed by atoms with E-state index in [9.17, 15) is 19.5 Å². The number of anilines is 1. The number of carbonyl (C=O) groups is 3. The van der Waals surface area contributed by atoms with Gasteiger partial charge in [0.15, 0.2) is 11.5 Å². The van der Waals surface area contributed by atoms with Gasteiger partial charge < -0.3 is 20.5 Å². The second-order valence-electron chi connectivity index (χ2n) is 6.22. The number of rotatable bonds is 5. The summed E-state index contributed by atoms with van der Waals surface area (Å²) in [5.41, 5.74) is 2.20. The molecule has 3 rings (SSSR count). The number of phenols is 1. The van der Waals surface area contributed by atoms with Crippen molar-refractivity contribution in [3.8, 4) is 11.5 Å². The predicted octanol–water partition coefficient (Wildman–Crippen LogP) is 2.24. The number of methoxy groups -OCH3 is 1. The fraction of sp³-hybridized carbons (Fsp3) is 0.150. The van der Waals surface area contributed by atoms with Gasteiger partial charge in [0, 0.05) is 5.69 Å². The minimum atomic E-state index is -0.680. The molecule has 0 radical (unpaired) electrons. The van der Waals surface area contributed by atoms with Crippen LogP contribution in [0, 0.1) is 6.92 Å². The number of aryl methyl sites for hydroxylation is 1. The molecular weight excluding hydrogens is 362 g/mol. The van der Waals surface area contributed by atoms with Crippen LogP contribution in [0.15, 0.2) is 48.2 Å². The third-order valence-corrected chi connectivity index (χ3v) is 4.11. The number of amides is 4. The van der Waals surface area contributed by atoms with Crippen molar-refractivity contribution in [2.24, 2.45) is 0 Å². The van der Waals surface area contributed by atoms with Crippen molar-refractivity contribution >= 4 is 29.6 Å². The van der Waals surface area contributed by atoms with Crippen LogP contribution < -0.4 is 15.4 Å². The molecule has 1 saturated heterocycles. The number of urea groups is 1. The van der Waals surface area contributed by atoms with Gasteiger partial charge in [-0.3, -0.25) is 9.59 Å². The Hall–Kier alpha value is -3.81. The van der Waals surface area contributed by atoms with Crippen LogP contribution in [0.3, 0.4) is 0 Å². The van der Waals surface area contributed by atoms with Crippen molar-refractivity contribution in [1.29, 1.82) is 0 Å². The number of benzene rings is 2. The van der Waals surface area contributed by atoms with Gasteiger partial charge in [-0.1, -0.05) is 23.8 Å². The Morgan fingerprint density at radius 2 is 1.93 bits per heavy atom. The summed E-state index contributed by atoms with van der Waals surface area (Å²) >= 11 is 0. The van der Waals surface area contributed by atoms with E-state index in [1.54, 1.807) is 18.2 Å². The van der Waals surface area contributed by atoms with Gasteiger partial charge in [0.1, 0.15) is 12.2 Å². The molecule has 0 aromatic heterocycles. The lowest BCUT2D eigenvalue weighted by Crippen LogP contribution is -2.38. The molecule has 1 fully saturated rings. The van der Waals surface area contributed by atoms with E-state index in [1.807, 2.05) is 19.1 Å². The summed E-state index contributed by atoms with van der Waals surface area (Å²) in [7, 11) is 1.41. The van der Waals surface area contributed by atoms with Gasteiger partial charge in [-0.2, -0.15) is 0 Å². The van der Waals surface area contributed by atoms with E-state index >= 15 is 0 Å². The summed E-state index contributed by atoms with van der Waals surface area (Å²) in [6.07, 6.45) is 1.44. The Bertz CT molecular complexity index is 966. The second kappa shape index (κ2) is 7.83. The van der Waals surface area contributed by atoms with E-state index in [-0.39, 0.29) is 17.2 Å². The Balaban J connectivity index is 1.70. The number of imide groups is 1. The Labute approximate surface area is 161 Å². The van der Waals surface area contributed by atoms with E-state index < -0.39 is 24.4 Å². The van der Waals surface area contributed by atoms with Crippen LogP contribution in [0.25, 0.3) is 6.08 Å². The highest BCUT2D eigenvalue weighted by atomic mass is 16.5. The van der Waals surface area contributed by atoms with Crippen molar-refractivity contribution < 1.29 is 24.2 Å². The molecule has 8 heteroatoms. The first-order valence-corrected chi connectivity index (χ1v) is 8.45. The molecule has 0 saturated carbocycles. The van der Waals surface area contributed by atoms with Gasteiger partial charge in [0.05, 0.1) is 7.11 Å². The van der Waals surface area contributed by atoms with Crippen molar-refractivity contribution in [2.45, 2.75) is 6.92 Å². The summed E-state index contributed by atoms with van der Waals surface area (Å²) in [6, 6.07) is 11.0. The standard InChI is InChI=1S/C20H19N3O5/c1-12-3-6-14(7-4-12)21-18(25)11-23-19(26)15(22-20(23)27)9-13-5-8-16(24)17(10-13)28-2/h3-10,24H,11H2,1-2H3,(H,21,25)(H,22,27)/b15-9+. The maximum absolute atomic E-state index is 12.5. The van der Waals surface area contributed by atoms with E-state index in [4.69, 9.17) is 4.74 Å². The molecule has 2 aromatic rings. The molecule has 2 aromatic carbocycles.